The van der Waals surface area contributed by atoms with Gasteiger partial charge in [-0.1, -0.05) is 18.2 Å². The lowest BCUT2D eigenvalue weighted by molar-refractivity contribution is 0.185. The number of ether oxygens (including phenoxy) is 1. The fraction of sp³-hybridized carbons (Fsp3) is 0.250. The summed E-state index contributed by atoms with van der Waals surface area (Å²) in [7, 11) is 3.56. The Morgan fingerprint density at radius 3 is 2.87 bits per heavy atom. The van der Waals surface area contributed by atoms with Gasteiger partial charge in [-0.2, -0.15) is 0 Å². The van der Waals surface area contributed by atoms with E-state index in [0.29, 0.717) is 6.61 Å². The molecule has 0 atom stereocenters. The Morgan fingerprint density at radius 1 is 1.33 bits per heavy atom. The van der Waals surface area contributed by atoms with Crippen molar-refractivity contribution in [2.24, 2.45) is 0 Å². The van der Waals surface area contributed by atoms with Crippen molar-refractivity contribution in [3.05, 3.63) is 35.9 Å². The van der Waals surface area contributed by atoms with E-state index >= 15 is 0 Å². The first kappa shape index (κ1) is 9.93. The molecule has 0 aliphatic carbocycles. The minimum atomic E-state index is 0.577. The largest absolute Gasteiger partial charge is 0.380 e. The Bertz CT molecular complexity index is 468. The average molecular weight is 202 g/mol. The molecule has 0 saturated carbocycles. The smallest absolute Gasteiger partial charge is 0.131 e. The van der Waals surface area contributed by atoms with Crippen LogP contribution in [0.25, 0.3) is 10.9 Å². The Labute approximate surface area is 89.1 Å². The number of nitrogens with one attached hydrogen (secondary N) is 1. The maximum absolute atomic E-state index is 5.14. The number of hydrogen-bond donors (Lipinski definition) is 1. The van der Waals surface area contributed by atoms with Crippen molar-refractivity contribution in [2.45, 2.75) is 6.61 Å². The topological polar surface area (TPSA) is 34.2 Å². The monoisotopic (exact) mass is 202 g/mol. The zero-order chi connectivity index (χ0) is 10.7. The van der Waals surface area contributed by atoms with E-state index in [9.17, 15) is 0 Å². The number of nitrogens with zero attached hydrogens (tertiary/aromatic N) is 1. The minimum absolute atomic E-state index is 0.577. The molecule has 3 heteroatoms. The molecule has 2 aromatic rings. The van der Waals surface area contributed by atoms with Crippen LogP contribution in [0.4, 0.5) is 5.82 Å². The molecule has 0 fully saturated rings. The number of fused-ring (bicyclic) bond motifs is 1. The fourth-order valence-electron chi connectivity index (χ4n) is 1.64. The predicted molar refractivity (Wildman–Crippen MR) is 62.0 cm³/mol. The Kier molecular flexibility index (Phi) is 2.83. The molecule has 78 valence electrons. The second kappa shape index (κ2) is 4.28. The van der Waals surface area contributed by atoms with Crippen molar-refractivity contribution >= 4 is 16.7 Å². The molecular weight excluding hydrogens is 188 g/mol. The summed E-state index contributed by atoms with van der Waals surface area (Å²) in [6, 6.07) is 10.2. The summed E-state index contributed by atoms with van der Waals surface area (Å²) in [5.74, 6) is 0.885. The number of aromatic nitrogens is 1. The summed E-state index contributed by atoms with van der Waals surface area (Å²) >= 11 is 0. The molecule has 1 aromatic heterocycles. The number of rotatable bonds is 3. The summed E-state index contributed by atoms with van der Waals surface area (Å²) in [5, 5.41) is 4.22. The highest BCUT2D eigenvalue weighted by Crippen LogP contribution is 2.20. The van der Waals surface area contributed by atoms with E-state index in [1.165, 1.54) is 0 Å². The average Bonchev–Trinajstić information content (AvgIpc) is 2.28. The molecule has 0 aliphatic rings. The molecule has 2 rings (SSSR count). The number of methoxy groups -OCH3 is 1. The SMILES string of the molecule is CNc1nc2ccccc2cc1COC. The standard InChI is InChI=1S/C12H14N2O/c1-13-12-10(8-15-2)7-9-5-3-4-6-11(9)14-12/h3-7H,8H2,1-2H3,(H,13,14). The number of benzene rings is 1. The lowest BCUT2D eigenvalue weighted by atomic mass is 10.1. The molecule has 3 nitrogen and oxygen atoms in total. The van der Waals surface area contributed by atoms with E-state index in [0.717, 1.165) is 22.3 Å². The summed E-state index contributed by atoms with van der Waals surface area (Å²) in [6.07, 6.45) is 0. The van der Waals surface area contributed by atoms with Crippen molar-refractivity contribution in [3.8, 4) is 0 Å². The van der Waals surface area contributed by atoms with Gasteiger partial charge in [0.1, 0.15) is 5.82 Å². The highest BCUT2D eigenvalue weighted by Gasteiger charge is 2.04. The first-order chi connectivity index (χ1) is 7.35. The lowest BCUT2D eigenvalue weighted by Gasteiger charge is -2.08. The molecule has 15 heavy (non-hydrogen) atoms. The normalized spacial score (nSPS) is 10.5. The summed E-state index contributed by atoms with van der Waals surface area (Å²) < 4.78 is 5.14. The van der Waals surface area contributed by atoms with Crippen LogP contribution in [0.1, 0.15) is 5.56 Å². The summed E-state index contributed by atoms with van der Waals surface area (Å²) in [4.78, 5) is 4.52. The highest BCUT2D eigenvalue weighted by atomic mass is 16.5. The summed E-state index contributed by atoms with van der Waals surface area (Å²) in [5.41, 5.74) is 2.08. The van der Waals surface area contributed by atoms with E-state index in [1.54, 1.807) is 7.11 Å². The summed E-state index contributed by atoms with van der Waals surface area (Å²) in [6.45, 7) is 0.577. The van der Waals surface area contributed by atoms with Gasteiger partial charge in [0.2, 0.25) is 0 Å². The van der Waals surface area contributed by atoms with Gasteiger partial charge in [-0.05, 0) is 12.1 Å². The number of para-hydroxylation sites is 1. The predicted octanol–water partition coefficient (Wildman–Crippen LogP) is 2.42. The van der Waals surface area contributed by atoms with Gasteiger partial charge in [-0.15, -0.1) is 0 Å². The molecule has 1 N–H and O–H groups in total. The van der Waals surface area contributed by atoms with Gasteiger partial charge in [-0.25, -0.2) is 4.98 Å². The molecule has 0 amide bonds. The van der Waals surface area contributed by atoms with Crippen molar-refractivity contribution in [1.82, 2.24) is 4.98 Å². The zero-order valence-corrected chi connectivity index (χ0v) is 8.95. The van der Waals surface area contributed by atoms with Gasteiger partial charge < -0.3 is 10.1 Å². The first-order valence-electron chi connectivity index (χ1n) is 4.90. The van der Waals surface area contributed by atoms with E-state index in [1.807, 2.05) is 25.2 Å². The van der Waals surface area contributed by atoms with Crippen LogP contribution in [0.2, 0.25) is 0 Å². The van der Waals surface area contributed by atoms with Crippen molar-refractivity contribution in [2.75, 3.05) is 19.5 Å². The maximum Gasteiger partial charge on any atom is 0.131 e. The molecule has 0 radical (unpaired) electrons. The van der Waals surface area contributed by atoms with E-state index in [4.69, 9.17) is 4.74 Å². The molecule has 0 saturated heterocycles. The van der Waals surface area contributed by atoms with Gasteiger partial charge >= 0.3 is 0 Å². The van der Waals surface area contributed by atoms with Crippen LogP contribution in [-0.4, -0.2) is 19.1 Å². The van der Waals surface area contributed by atoms with Gasteiger partial charge in [0.25, 0.3) is 0 Å². The number of anilines is 1. The van der Waals surface area contributed by atoms with Crippen LogP contribution in [0, 0.1) is 0 Å². The van der Waals surface area contributed by atoms with Crippen LogP contribution in [0.15, 0.2) is 30.3 Å². The fourth-order valence-corrected chi connectivity index (χ4v) is 1.64. The zero-order valence-electron chi connectivity index (χ0n) is 8.95. The minimum Gasteiger partial charge on any atom is -0.380 e. The van der Waals surface area contributed by atoms with Crippen molar-refractivity contribution < 1.29 is 4.74 Å². The number of hydrogen-bond acceptors (Lipinski definition) is 3. The van der Waals surface area contributed by atoms with Gasteiger partial charge in [0.15, 0.2) is 0 Å². The van der Waals surface area contributed by atoms with Gasteiger partial charge in [0, 0.05) is 25.1 Å². The van der Waals surface area contributed by atoms with Crippen LogP contribution < -0.4 is 5.32 Å². The molecule has 0 aliphatic heterocycles. The van der Waals surface area contributed by atoms with E-state index < -0.39 is 0 Å². The van der Waals surface area contributed by atoms with Crippen molar-refractivity contribution in [1.29, 1.82) is 0 Å². The van der Waals surface area contributed by atoms with Crippen LogP contribution in [0.5, 0.6) is 0 Å². The van der Waals surface area contributed by atoms with E-state index in [2.05, 4.69) is 22.4 Å². The van der Waals surface area contributed by atoms with Gasteiger partial charge in [0.05, 0.1) is 12.1 Å². The highest BCUT2D eigenvalue weighted by molar-refractivity contribution is 5.81. The van der Waals surface area contributed by atoms with Crippen LogP contribution in [-0.2, 0) is 11.3 Å². The van der Waals surface area contributed by atoms with Gasteiger partial charge in [-0.3, -0.25) is 0 Å². The Morgan fingerprint density at radius 2 is 2.13 bits per heavy atom. The number of pyridine rings is 1. The third-order valence-corrected chi connectivity index (χ3v) is 2.34. The molecule has 1 heterocycles. The first-order valence-corrected chi connectivity index (χ1v) is 4.90. The third-order valence-electron chi connectivity index (χ3n) is 2.34. The van der Waals surface area contributed by atoms with E-state index in [-0.39, 0.29) is 0 Å². The molecule has 0 spiro atoms. The Balaban J connectivity index is 2.58. The molecule has 0 bridgehead atoms. The van der Waals surface area contributed by atoms with Crippen LogP contribution in [0.3, 0.4) is 0 Å². The molecular formula is C12H14N2O. The Hall–Kier alpha value is -1.61. The third kappa shape index (κ3) is 1.92. The molecule has 1 aromatic carbocycles. The second-order valence-corrected chi connectivity index (χ2v) is 3.37. The maximum atomic E-state index is 5.14. The lowest BCUT2D eigenvalue weighted by Crippen LogP contribution is -2.00. The molecule has 0 unspecified atom stereocenters. The second-order valence-electron chi connectivity index (χ2n) is 3.37. The quantitative estimate of drug-likeness (QED) is 0.830. The van der Waals surface area contributed by atoms with Crippen LogP contribution >= 0.6 is 0 Å². The van der Waals surface area contributed by atoms with Crippen molar-refractivity contribution in [3.63, 3.8) is 0 Å².